The van der Waals surface area contributed by atoms with Crippen molar-refractivity contribution >= 4 is 11.8 Å². The first kappa shape index (κ1) is 11.3. The van der Waals surface area contributed by atoms with Gasteiger partial charge in [0.05, 0.1) is 6.10 Å². The Bertz CT molecular complexity index is 305. The lowest BCUT2D eigenvalue weighted by atomic mass is 10.1. The van der Waals surface area contributed by atoms with Crippen molar-refractivity contribution in [1.82, 2.24) is 0 Å². The largest absolute Gasteiger partial charge is 0.389 e. The molecule has 0 fully saturated rings. The fraction of sp³-hybridized carbons (Fsp3) is 0.333. The van der Waals surface area contributed by atoms with Crippen LogP contribution in [-0.2, 0) is 0 Å². The molecule has 0 aliphatic carbocycles. The van der Waals surface area contributed by atoms with Crippen molar-refractivity contribution in [3.8, 4) is 0 Å². The summed E-state index contributed by atoms with van der Waals surface area (Å²) < 4.78 is 0. The third kappa shape index (κ3) is 3.56. The molecule has 1 nitrogen and oxygen atoms in total. The van der Waals surface area contributed by atoms with Gasteiger partial charge < -0.3 is 5.11 Å². The van der Waals surface area contributed by atoms with Crippen LogP contribution in [-0.4, -0.2) is 10.9 Å². The molecule has 0 saturated carbocycles. The van der Waals surface area contributed by atoms with E-state index in [1.807, 2.05) is 31.2 Å². The van der Waals surface area contributed by atoms with E-state index in [4.69, 9.17) is 0 Å². The van der Waals surface area contributed by atoms with Crippen LogP contribution in [0.25, 0.3) is 0 Å². The Morgan fingerprint density at radius 2 is 2.29 bits per heavy atom. The first-order valence-electron chi connectivity index (χ1n) is 4.76. The van der Waals surface area contributed by atoms with Crippen LogP contribution in [0.1, 0.15) is 25.5 Å². The third-order valence-corrected chi connectivity index (χ3v) is 2.87. The van der Waals surface area contributed by atoms with Gasteiger partial charge in [-0.1, -0.05) is 24.3 Å². The number of allylic oxidation sites excluding steroid dienone is 1. The lowest BCUT2D eigenvalue weighted by Gasteiger charge is -2.06. The van der Waals surface area contributed by atoms with Crippen LogP contribution in [0.3, 0.4) is 0 Å². The Kier molecular flexibility index (Phi) is 4.77. The zero-order valence-electron chi connectivity index (χ0n) is 8.60. The molecule has 0 saturated heterocycles. The predicted octanol–water partition coefficient (Wildman–Crippen LogP) is 3.41. The van der Waals surface area contributed by atoms with E-state index in [-0.39, 0.29) is 6.10 Å². The van der Waals surface area contributed by atoms with E-state index in [2.05, 4.69) is 12.1 Å². The summed E-state index contributed by atoms with van der Waals surface area (Å²) in [5.41, 5.74) is 0.982. The molecule has 0 amide bonds. The van der Waals surface area contributed by atoms with Crippen LogP contribution in [0.2, 0.25) is 0 Å². The molecular weight excluding hydrogens is 192 g/mol. The highest BCUT2D eigenvalue weighted by atomic mass is 32.2. The third-order valence-electron chi connectivity index (χ3n) is 1.92. The van der Waals surface area contributed by atoms with E-state index in [1.54, 1.807) is 18.7 Å². The molecule has 76 valence electrons. The average Bonchev–Trinajstić information content (AvgIpc) is 2.19. The van der Waals surface area contributed by atoms with Gasteiger partial charge in [-0.15, -0.1) is 11.8 Å². The first-order valence-corrected chi connectivity index (χ1v) is 5.74. The van der Waals surface area contributed by atoms with Crippen LogP contribution < -0.4 is 0 Å². The molecular formula is C12H16OS. The monoisotopic (exact) mass is 208 g/mol. The van der Waals surface area contributed by atoms with Crippen LogP contribution in [0, 0.1) is 0 Å². The van der Waals surface area contributed by atoms with Crippen LogP contribution in [0.5, 0.6) is 0 Å². The minimum atomic E-state index is -0.378. The molecule has 0 spiro atoms. The van der Waals surface area contributed by atoms with Crippen molar-refractivity contribution in [3.63, 3.8) is 0 Å². The second-order valence-electron chi connectivity index (χ2n) is 3.13. The molecule has 0 heterocycles. The molecule has 1 rings (SSSR count). The molecule has 1 aromatic rings. The number of benzene rings is 1. The van der Waals surface area contributed by atoms with Gasteiger partial charge in [-0.25, -0.2) is 0 Å². The Balaban J connectivity index is 2.64. The fourth-order valence-corrected chi connectivity index (χ4v) is 1.98. The second-order valence-corrected chi connectivity index (χ2v) is 4.22. The quantitative estimate of drug-likeness (QED) is 0.604. The van der Waals surface area contributed by atoms with Gasteiger partial charge in [0.1, 0.15) is 0 Å². The lowest BCUT2D eigenvalue weighted by Crippen LogP contribution is -1.90. The molecule has 1 N–H and O–H groups in total. The fourth-order valence-electron chi connectivity index (χ4n) is 1.10. The highest BCUT2D eigenvalue weighted by Crippen LogP contribution is 2.22. The smallest absolute Gasteiger partial charge is 0.0762 e. The van der Waals surface area contributed by atoms with E-state index in [0.29, 0.717) is 0 Å². The van der Waals surface area contributed by atoms with Gasteiger partial charge in [0.15, 0.2) is 0 Å². The van der Waals surface area contributed by atoms with Gasteiger partial charge in [-0.3, -0.25) is 0 Å². The minimum Gasteiger partial charge on any atom is -0.389 e. The zero-order chi connectivity index (χ0) is 10.4. The normalized spacial score (nSPS) is 13.4. The van der Waals surface area contributed by atoms with E-state index < -0.39 is 0 Å². The van der Waals surface area contributed by atoms with Gasteiger partial charge in [-0.05, 0) is 31.5 Å². The van der Waals surface area contributed by atoms with Gasteiger partial charge in [-0.2, -0.15) is 0 Å². The van der Waals surface area contributed by atoms with Crippen molar-refractivity contribution in [2.75, 3.05) is 5.75 Å². The highest BCUT2D eigenvalue weighted by molar-refractivity contribution is 7.99. The number of aliphatic hydroxyl groups is 1. The summed E-state index contributed by atoms with van der Waals surface area (Å²) in [6, 6.07) is 8.04. The Morgan fingerprint density at radius 3 is 2.93 bits per heavy atom. The van der Waals surface area contributed by atoms with E-state index in [0.717, 1.165) is 11.3 Å². The van der Waals surface area contributed by atoms with E-state index >= 15 is 0 Å². The number of hydrogen-bond acceptors (Lipinski definition) is 2. The molecule has 14 heavy (non-hydrogen) atoms. The van der Waals surface area contributed by atoms with Crippen molar-refractivity contribution < 1.29 is 5.11 Å². The zero-order valence-corrected chi connectivity index (χ0v) is 9.42. The molecule has 1 aromatic carbocycles. The molecule has 0 aliphatic heterocycles. The van der Waals surface area contributed by atoms with Crippen LogP contribution in [0.4, 0.5) is 0 Å². The first-order chi connectivity index (χ1) is 6.74. The highest BCUT2D eigenvalue weighted by Gasteiger charge is 2.00. The van der Waals surface area contributed by atoms with Crippen molar-refractivity contribution in [3.05, 3.63) is 42.0 Å². The Hall–Kier alpha value is -0.730. The average molecular weight is 208 g/mol. The number of thioether (sulfide) groups is 1. The molecule has 1 unspecified atom stereocenters. The van der Waals surface area contributed by atoms with Crippen molar-refractivity contribution in [2.24, 2.45) is 0 Å². The van der Waals surface area contributed by atoms with Gasteiger partial charge in [0.2, 0.25) is 0 Å². The topological polar surface area (TPSA) is 20.2 Å². The Morgan fingerprint density at radius 1 is 1.50 bits per heavy atom. The van der Waals surface area contributed by atoms with Crippen LogP contribution >= 0.6 is 11.8 Å². The maximum absolute atomic E-state index is 9.40. The van der Waals surface area contributed by atoms with Crippen molar-refractivity contribution in [1.29, 1.82) is 0 Å². The molecule has 0 radical (unpaired) electrons. The van der Waals surface area contributed by atoms with Crippen LogP contribution in [0.15, 0.2) is 41.3 Å². The summed E-state index contributed by atoms with van der Waals surface area (Å²) >= 11 is 1.78. The molecule has 0 aromatic heterocycles. The molecule has 2 heteroatoms. The maximum Gasteiger partial charge on any atom is 0.0762 e. The number of hydrogen-bond donors (Lipinski definition) is 1. The Labute approximate surface area is 89.8 Å². The summed E-state index contributed by atoms with van der Waals surface area (Å²) in [7, 11) is 0. The summed E-state index contributed by atoms with van der Waals surface area (Å²) in [5, 5.41) is 9.40. The second kappa shape index (κ2) is 5.89. The summed E-state index contributed by atoms with van der Waals surface area (Å²) in [6.45, 7) is 3.81. The lowest BCUT2D eigenvalue weighted by molar-refractivity contribution is 0.199. The van der Waals surface area contributed by atoms with Crippen molar-refractivity contribution in [2.45, 2.75) is 24.8 Å². The van der Waals surface area contributed by atoms with E-state index in [9.17, 15) is 5.11 Å². The summed E-state index contributed by atoms with van der Waals surface area (Å²) in [4.78, 5) is 1.21. The summed E-state index contributed by atoms with van der Waals surface area (Å²) in [5.74, 6) is 0.986. The molecule has 1 atom stereocenters. The summed E-state index contributed by atoms with van der Waals surface area (Å²) in [6.07, 6.45) is 3.79. The van der Waals surface area contributed by atoms with Gasteiger partial charge in [0.25, 0.3) is 0 Å². The minimum absolute atomic E-state index is 0.378. The van der Waals surface area contributed by atoms with Gasteiger partial charge >= 0.3 is 0 Å². The predicted molar refractivity (Wildman–Crippen MR) is 62.6 cm³/mol. The standard InChI is InChI=1S/C12H16OS/c1-3-4-8-14-12-7-5-6-11(9-12)10(2)13/h3-7,9-10,13H,8H2,1-2H3. The SMILES string of the molecule is CC=CCSc1cccc(C(C)O)c1. The molecule has 0 aliphatic rings. The van der Waals surface area contributed by atoms with Gasteiger partial charge in [0, 0.05) is 10.6 Å². The molecule has 0 bridgehead atoms. The maximum atomic E-state index is 9.40. The number of rotatable bonds is 4. The number of aliphatic hydroxyl groups excluding tert-OH is 1. The van der Waals surface area contributed by atoms with E-state index in [1.165, 1.54) is 4.90 Å².